The first kappa shape index (κ1) is 19.5. The lowest BCUT2D eigenvalue weighted by Crippen LogP contribution is -2.50. The molecule has 0 bridgehead atoms. The minimum absolute atomic E-state index is 0.0794. The van der Waals surface area contributed by atoms with Gasteiger partial charge in [-0.15, -0.1) is 0 Å². The van der Waals surface area contributed by atoms with Crippen molar-refractivity contribution >= 4 is 34.7 Å². The molecule has 0 aliphatic carbocycles. The fourth-order valence-corrected chi connectivity index (χ4v) is 3.20. The van der Waals surface area contributed by atoms with Crippen LogP contribution in [0.1, 0.15) is 6.92 Å². The monoisotopic (exact) mass is 381 g/mol. The molecule has 1 heterocycles. The summed E-state index contributed by atoms with van der Waals surface area (Å²) in [6.07, 6.45) is 0. The number of rotatable bonds is 4. The molecule has 0 aromatic heterocycles. The quantitative estimate of drug-likeness (QED) is 0.854. The van der Waals surface area contributed by atoms with E-state index in [-0.39, 0.29) is 11.9 Å². The maximum absolute atomic E-state index is 12.5. The van der Waals surface area contributed by atoms with Crippen LogP contribution in [0.3, 0.4) is 0 Å². The fourth-order valence-electron chi connectivity index (χ4n) is 3.20. The van der Waals surface area contributed by atoms with Crippen LogP contribution in [0.4, 0.5) is 27.5 Å². The largest absolute Gasteiger partial charge is 0.378 e. The first-order valence-electron chi connectivity index (χ1n) is 9.38. The summed E-state index contributed by atoms with van der Waals surface area (Å²) in [5.41, 5.74) is 3.71. The molecule has 28 heavy (non-hydrogen) atoms. The average Bonchev–Trinajstić information content (AvgIpc) is 2.68. The maximum Gasteiger partial charge on any atom is 0.321 e. The summed E-state index contributed by atoms with van der Waals surface area (Å²) in [5.74, 6) is -0.0859. The Morgan fingerprint density at radius 3 is 2.18 bits per heavy atom. The van der Waals surface area contributed by atoms with E-state index in [4.69, 9.17) is 0 Å². The van der Waals surface area contributed by atoms with Gasteiger partial charge in [0, 0.05) is 69.9 Å². The fraction of sp³-hybridized carbons (Fsp3) is 0.333. The maximum atomic E-state index is 12.5. The van der Waals surface area contributed by atoms with Crippen LogP contribution in [0.2, 0.25) is 0 Å². The van der Waals surface area contributed by atoms with Crippen molar-refractivity contribution in [2.24, 2.45) is 0 Å². The number of carbonyl (C=O) groups is 2. The molecule has 1 saturated heterocycles. The molecule has 0 spiro atoms. The first-order chi connectivity index (χ1) is 13.4. The summed E-state index contributed by atoms with van der Waals surface area (Å²) >= 11 is 0. The van der Waals surface area contributed by atoms with Gasteiger partial charge in [-0.25, -0.2) is 4.79 Å². The number of anilines is 4. The Bertz CT molecular complexity index is 827. The average molecular weight is 381 g/mol. The molecule has 148 valence electrons. The summed E-state index contributed by atoms with van der Waals surface area (Å²) in [5, 5.41) is 5.77. The molecule has 0 saturated carbocycles. The normalized spacial score (nSPS) is 13.8. The number of urea groups is 1. The molecule has 2 aromatic rings. The van der Waals surface area contributed by atoms with Crippen molar-refractivity contribution in [2.75, 3.05) is 60.7 Å². The molecule has 1 aliphatic heterocycles. The molecule has 3 amide bonds. The molecule has 7 heteroatoms. The Hall–Kier alpha value is -3.22. The summed E-state index contributed by atoms with van der Waals surface area (Å²) in [4.78, 5) is 29.9. The zero-order chi connectivity index (χ0) is 20.1. The van der Waals surface area contributed by atoms with Crippen molar-refractivity contribution in [2.45, 2.75) is 6.92 Å². The minimum atomic E-state index is -0.0859. The van der Waals surface area contributed by atoms with E-state index in [0.29, 0.717) is 13.1 Å². The minimum Gasteiger partial charge on any atom is -0.378 e. The van der Waals surface area contributed by atoms with Gasteiger partial charge in [0.1, 0.15) is 0 Å². The molecular weight excluding hydrogens is 354 g/mol. The van der Waals surface area contributed by atoms with Crippen molar-refractivity contribution in [3.05, 3.63) is 48.5 Å². The van der Waals surface area contributed by atoms with Gasteiger partial charge in [-0.3, -0.25) is 4.79 Å². The molecule has 0 radical (unpaired) electrons. The van der Waals surface area contributed by atoms with Crippen LogP contribution in [0.25, 0.3) is 0 Å². The number of benzene rings is 2. The molecule has 0 unspecified atom stereocenters. The number of hydrogen-bond donors (Lipinski definition) is 2. The molecule has 0 atom stereocenters. The van der Waals surface area contributed by atoms with Crippen LogP contribution in [-0.4, -0.2) is 57.1 Å². The van der Waals surface area contributed by atoms with Crippen molar-refractivity contribution in [1.82, 2.24) is 4.90 Å². The molecule has 2 N–H and O–H groups in total. The highest BCUT2D eigenvalue weighted by atomic mass is 16.2. The molecule has 3 rings (SSSR count). The lowest BCUT2D eigenvalue weighted by molar-refractivity contribution is -0.114. The summed E-state index contributed by atoms with van der Waals surface area (Å²) in [6.45, 7) is 4.28. The van der Waals surface area contributed by atoms with Crippen molar-refractivity contribution in [3.8, 4) is 0 Å². The van der Waals surface area contributed by atoms with Crippen molar-refractivity contribution in [1.29, 1.82) is 0 Å². The van der Waals surface area contributed by atoms with E-state index in [1.165, 1.54) is 6.92 Å². The van der Waals surface area contributed by atoms with E-state index in [2.05, 4.69) is 15.5 Å². The number of nitrogens with zero attached hydrogens (tertiary/aromatic N) is 3. The van der Waals surface area contributed by atoms with E-state index >= 15 is 0 Å². The number of carbonyl (C=O) groups excluding carboxylic acids is 2. The van der Waals surface area contributed by atoms with Crippen molar-refractivity contribution < 1.29 is 9.59 Å². The lowest BCUT2D eigenvalue weighted by atomic mass is 10.2. The van der Waals surface area contributed by atoms with E-state index in [0.717, 1.165) is 35.8 Å². The summed E-state index contributed by atoms with van der Waals surface area (Å²) in [6, 6.07) is 15.5. The number of nitrogens with one attached hydrogen (secondary N) is 2. The number of hydrogen-bond acceptors (Lipinski definition) is 4. The van der Waals surface area contributed by atoms with Gasteiger partial charge >= 0.3 is 6.03 Å². The zero-order valence-electron chi connectivity index (χ0n) is 16.6. The third kappa shape index (κ3) is 4.94. The third-order valence-corrected chi connectivity index (χ3v) is 4.73. The second kappa shape index (κ2) is 8.65. The predicted molar refractivity (Wildman–Crippen MR) is 114 cm³/mol. The highest BCUT2D eigenvalue weighted by Crippen LogP contribution is 2.21. The van der Waals surface area contributed by atoms with Gasteiger partial charge in [0.2, 0.25) is 5.91 Å². The number of amides is 3. The second-order valence-corrected chi connectivity index (χ2v) is 7.08. The van der Waals surface area contributed by atoms with Crippen LogP contribution < -0.4 is 20.4 Å². The smallest absolute Gasteiger partial charge is 0.321 e. The van der Waals surface area contributed by atoms with E-state index in [1.807, 2.05) is 72.4 Å². The molecule has 1 aliphatic rings. The van der Waals surface area contributed by atoms with Crippen molar-refractivity contribution in [3.63, 3.8) is 0 Å². The molecule has 7 nitrogen and oxygen atoms in total. The predicted octanol–water partition coefficient (Wildman–Crippen LogP) is 3.07. The Kier molecular flexibility index (Phi) is 6.03. The zero-order valence-corrected chi connectivity index (χ0v) is 16.6. The van der Waals surface area contributed by atoms with E-state index < -0.39 is 0 Å². The summed E-state index contributed by atoms with van der Waals surface area (Å²) < 4.78 is 0. The summed E-state index contributed by atoms with van der Waals surface area (Å²) in [7, 11) is 3.97. The van der Waals surface area contributed by atoms with Gasteiger partial charge in [-0.2, -0.15) is 0 Å². The molecule has 2 aromatic carbocycles. The third-order valence-electron chi connectivity index (χ3n) is 4.73. The van der Waals surface area contributed by atoms with Crippen LogP contribution >= 0.6 is 0 Å². The van der Waals surface area contributed by atoms with Gasteiger partial charge in [0.25, 0.3) is 0 Å². The first-order valence-corrected chi connectivity index (χ1v) is 9.38. The topological polar surface area (TPSA) is 67.9 Å². The Morgan fingerprint density at radius 1 is 0.893 bits per heavy atom. The lowest BCUT2D eigenvalue weighted by Gasteiger charge is -2.36. The van der Waals surface area contributed by atoms with Gasteiger partial charge in [0.05, 0.1) is 0 Å². The highest BCUT2D eigenvalue weighted by Gasteiger charge is 2.21. The van der Waals surface area contributed by atoms with E-state index in [9.17, 15) is 9.59 Å². The second-order valence-electron chi connectivity index (χ2n) is 7.08. The Morgan fingerprint density at radius 2 is 1.57 bits per heavy atom. The SMILES string of the molecule is CC(=O)Nc1cccc(N2CCN(C(=O)Nc3ccc(N(C)C)cc3)CC2)c1. The Balaban J connectivity index is 1.54. The van der Waals surface area contributed by atoms with Gasteiger partial charge < -0.3 is 25.3 Å². The van der Waals surface area contributed by atoms with E-state index in [1.54, 1.807) is 0 Å². The Labute approximate surface area is 165 Å². The molecule has 1 fully saturated rings. The van der Waals surface area contributed by atoms with Gasteiger partial charge in [-0.1, -0.05) is 6.07 Å². The van der Waals surface area contributed by atoms with Crippen LogP contribution in [-0.2, 0) is 4.79 Å². The highest BCUT2D eigenvalue weighted by molar-refractivity contribution is 5.90. The number of piperazine rings is 1. The van der Waals surface area contributed by atoms with Crippen LogP contribution in [0.5, 0.6) is 0 Å². The molecular formula is C21H27N5O2. The van der Waals surface area contributed by atoms with Crippen LogP contribution in [0, 0.1) is 0 Å². The standard InChI is InChI=1S/C21H27N5O2/c1-16(27)22-18-5-4-6-20(15-18)25-11-13-26(14-12-25)21(28)23-17-7-9-19(10-8-17)24(2)3/h4-10,15H,11-14H2,1-3H3,(H,22,27)(H,23,28). The van der Waals surface area contributed by atoms with Gasteiger partial charge in [-0.05, 0) is 42.5 Å². The van der Waals surface area contributed by atoms with Crippen LogP contribution in [0.15, 0.2) is 48.5 Å². The van der Waals surface area contributed by atoms with Gasteiger partial charge in [0.15, 0.2) is 0 Å².